The minimum absolute atomic E-state index is 0.135. The van der Waals surface area contributed by atoms with E-state index in [4.69, 9.17) is 0 Å². The van der Waals surface area contributed by atoms with Crippen LogP contribution in [0, 0.1) is 0 Å². The van der Waals surface area contributed by atoms with Crippen molar-refractivity contribution in [1.29, 1.82) is 0 Å². The number of carbonyl (C=O) groups excluding carboxylic acids is 1. The molecule has 1 aliphatic rings. The predicted octanol–water partition coefficient (Wildman–Crippen LogP) is 3.99. The number of nitrogens with one attached hydrogen (secondary N) is 2. The van der Waals surface area contributed by atoms with Gasteiger partial charge < -0.3 is 15.1 Å². The fourth-order valence-electron chi connectivity index (χ4n) is 4.15. The number of amides is 1. The lowest BCUT2D eigenvalue weighted by Crippen LogP contribution is -2.47. The molecule has 2 N–H and O–H groups in total. The fraction of sp³-hybridized carbons (Fsp3) is 0.208. The van der Waals surface area contributed by atoms with E-state index in [1.807, 2.05) is 17.0 Å². The van der Waals surface area contributed by atoms with E-state index < -0.39 is 0 Å². The van der Waals surface area contributed by atoms with E-state index in [0.29, 0.717) is 5.82 Å². The quantitative estimate of drug-likeness (QED) is 0.530. The SMILES string of the molecule is C=C(c1cccc2cc(Nc3n[nH]c4cccnc34)ccc12)N1CCN(C(C)=O)CC1. The first-order chi connectivity index (χ1) is 15.1. The van der Waals surface area contributed by atoms with Gasteiger partial charge in [-0.25, -0.2) is 0 Å². The van der Waals surface area contributed by atoms with Crippen molar-refractivity contribution >= 4 is 44.9 Å². The zero-order valence-electron chi connectivity index (χ0n) is 17.4. The Morgan fingerprint density at radius 2 is 1.87 bits per heavy atom. The molecule has 2 aromatic carbocycles. The molecule has 2 aromatic heterocycles. The molecule has 156 valence electrons. The first-order valence-corrected chi connectivity index (χ1v) is 10.4. The Bertz CT molecular complexity index is 1290. The molecule has 1 saturated heterocycles. The van der Waals surface area contributed by atoms with Crippen LogP contribution in [0.4, 0.5) is 11.5 Å². The van der Waals surface area contributed by atoms with E-state index in [2.05, 4.69) is 68.4 Å². The molecule has 3 heterocycles. The van der Waals surface area contributed by atoms with Crippen LogP contribution in [-0.2, 0) is 4.79 Å². The van der Waals surface area contributed by atoms with Crippen LogP contribution >= 0.6 is 0 Å². The van der Waals surface area contributed by atoms with Gasteiger partial charge in [0.2, 0.25) is 5.91 Å². The van der Waals surface area contributed by atoms with E-state index in [9.17, 15) is 4.79 Å². The maximum atomic E-state index is 11.6. The molecule has 5 rings (SSSR count). The third kappa shape index (κ3) is 3.59. The second-order valence-electron chi connectivity index (χ2n) is 7.78. The van der Waals surface area contributed by atoms with Crippen LogP contribution in [0.15, 0.2) is 61.3 Å². The molecule has 0 aliphatic carbocycles. The highest BCUT2D eigenvalue weighted by Crippen LogP contribution is 2.30. The number of piperazine rings is 1. The Morgan fingerprint density at radius 1 is 1.06 bits per heavy atom. The summed E-state index contributed by atoms with van der Waals surface area (Å²) in [5, 5.41) is 13.0. The molecular weight excluding hydrogens is 388 g/mol. The Morgan fingerprint density at radius 3 is 2.68 bits per heavy atom. The Balaban J connectivity index is 1.40. The van der Waals surface area contributed by atoms with Crippen LogP contribution < -0.4 is 5.32 Å². The van der Waals surface area contributed by atoms with Gasteiger partial charge >= 0.3 is 0 Å². The van der Waals surface area contributed by atoms with Gasteiger partial charge in [-0.1, -0.05) is 30.8 Å². The first kappa shape index (κ1) is 19.1. The summed E-state index contributed by atoms with van der Waals surface area (Å²) < 4.78 is 0. The second-order valence-corrected chi connectivity index (χ2v) is 7.78. The van der Waals surface area contributed by atoms with E-state index in [1.165, 1.54) is 0 Å². The molecule has 31 heavy (non-hydrogen) atoms. The Kier molecular flexibility index (Phi) is 4.78. The maximum Gasteiger partial charge on any atom is 0.219 e. The van der Waals surface area contributed by atoms with E-state index in [-0.39, 0.29) is 5.91 Å². The molecule has 0 radical (unpaired) electrons. The van der Waals surface area contributed by atoms with Crippen molar-refractivity contribution in [2.45, 2.75) is 6.92 Å². The monoisotopic (exact) mass is 412 g/mol. The minimum Gasteiger partial charge on any atom is -0.368 e. The number of anilines is 2. The highest BCUT2D eigenvalue weighted by atomic mass is 16.2. The molecule has 1 amide bonds. The molecule has 4 aromatic rings. The first-order valence-electron chi connectivity index (χ1n) is 10.4. The molecule has 1 fully saturated rings. The van der Waals surface area contributed by atoms with E-state index in [1.54, 1.807) is 13.1 Å². The molecule has 0 unspecified atom stereocenters. The molecule has 7 nitrogen and oxygen atoms in total. The van der Waals surface area contributed by atoms with E-state index in [0.717, 1.165) is 64.9 Å². The summed E-state index contributed by atoms with van der Waals surface area (Å²) >= 11 is 0. The number of aromatic amines is 1. The third-order valence-corrected chi connectivity index (χ3v) is 5.88. The van der Waals surface area contributed by atoms with E-state index >= 15 is 0 Å². The molecule has 0 bridgehead atoms. The van der Waals surface area contributed by atoms with Crippen molar-refractivity contribution in [2.24, 2.45) is 0 Å². The Hall–Kier alpha value is -3.87. The average Bonchev–Trinajstić information content (AvgIpc) is 3.21. The topological polar surface area (TPSA) is 77.2 Å². The lowest BCUT2D eigenvalue weighted by atomic mass is 10.0. The summed E-state index contributed by atoms with van der Waals surface area (Å²) in [5.74, 6) is 0.842. The van der Waals surface area contributed by atoms with Crippen LogP contribution in [0.5, 0.6) is 0 Å². The number of fused-ring (bicyclic) bond motifs is 2. The normalized spacial score (nSPS) is 14.2. The van der Waals surface area contributed by atoms with Gasteiger partial charge in [0.05, 0.1) is 5.52 Å². The lowest BCUT2D eigenvalue weighted by molar-refractivity contribution is -0.130. The number of hydrogen-bond donors (Lipinski definition) is 2. The third-order valence-electron chi connectivity index (χ3n) is 5.88. The van der Waals surface area contributed by atoms with Crippen molar-refractivity contribution in [3.63, 3.8) is 0 Å². The van der Waals surface area contributed by atoms with Crippen LogP contribution in [0.2, 0.25) is 0 Å². The van der Waals surface area contributed by atoms with Crippen molar-refractivity contribution < 1.29 is 4.79 Å². The van der Waals surface area contributed by atoms with Gasteiger partial charge in [0.15, 0.2) is 5.82 Å². The fourth-order valence-corrected chi connectivity index (χ4v) is 4.15. The molecule has 0 saturated carbocycles. The van der Waals surface area contributed by atoms with Gasteiger partial charge in [0, 0.05) is 56.2 Å². The molecule has 7 heteroatoms. The number of rotatable bonds is 4. The van der Waals surface area contributed by atoms with Gasteiger partial charge in [-0.2, -0.15) is 5.10 Å². The number of pyridine rings is 1. The van der Waals surface area contributed by atoms with Crippen molar-refractivity contribution in [3.8, 4) is 0 Å². The van der Waals surface area contributed by atoms with Crippen LogP contribution in [0.25, 0.3) is 27.5 Å². The highest BCUT2D eigenvalue weighted by molar-refractivity contribution is 5.96. The summed E-state index contributed by atoms with van der Waals surface area (Å²) in [4.78, 5) is 20.2. The number of carbonyl (C=O) groups is 1. The summed E-state index contributed by atoms with van der Waals surface area (Å²) in [5.41, 5.74) is 4.78. The summed E-state index contributed by atoms with van der Waals surface area (Å²) in [6.45, 7) is 9.07. The average molecular weight is 412 g/mol. The van der Waals surface area contributed by atoms with Crippen LogP contribution in [-0.4, -0.2) is 57.1 Å². The standard InChI is InChI=1S/C24H24N6O/c1-16(29-11-13-30(14-12-29)17(2)31)20-6-3-5-18-15-19(8-9-21(18)20)26-24-23-22(27-28-24)7-4-10-25-23/h3-10,15H,1,11-14H2,2H3,(H2,26,27,28). The zero-order valence-corrected chi connectivity index (χ0v) is 17.4. The number of H-pyrrole nitrogens is 1. The summed E-state index contributed by atoms with van der Waals surface area (Å²) in [7, 11) is 0. The van der Waals surface area contributed by atoms with Crippen molar-refractivity contribution in [2.75, 3.05) is 31.5 Å². The largest absolute Gasteiger partial charge is 0.368 e. The van der Waals surface area contributed by atoms with Crippen LogP contribution in [0.3, 0.4) is 0 Å². The van der Waals surface area contributed by atoms with Crippen molar-refractivity contribution in [1.82, 2.24) is 25.0 Å². The number of hydrogen-bond acceptors (Lipinski definition) is 5. The second kappa shape index (κ2) is 7.75. The number of nitrogens with zero attached hydrogens (tertiary/aromatic N) is 4. The smallest absolute Gasteiger partial charge is 0.219 e. The summed E-state index contributed by atoms with van der Waals surface area (Å²) in [6, 6.07) is 16.4. The predicted molar refractivity (Wildman–Crippen MR) is 124 cm³/mol. The highest BCUT2D eigenvalue weighted by Gasteiger charge is 2.21. The van der Waals surface area contributed by atoms with Gasteiger partial charge in [-0.05, 0) is 35.0 Å². The molecule has 0 atom stereocenters. The van der Waals surface area contributed by atoms with Gasteiger partial charge in [0.25, 0.3) is 0 Å². The molecule has 0 spiro atoms. The lowest BCUT2D eigenvalue weighted by Gasteiger charge is -2.37. The number of aromatic nitrogens is 3. The van der Waals surface area contributed by atoms with Crippen LogP contribution in [0.1, 0.15) is 12.5 Å². The van der Waals surface area contributed by atoms with Gasteiger partial charge in [-0.15, -0.1) is 0 Å². The minimum atomic E-state index is 0.135. The maximum absolute atomic E-state index is 11.6. The Labute approximate surface area is 180 Å². The van der Waals surface area contributed by atoms with Gasteiger partial charge in [-0.3, -0.25) is 14.9 Å². The van der Waals surface area contributed by atoms with Gasteiger partial charge in [0.1, 0.15) is 5.52 Å². The zero-order chi connectivity index (χ0) is 21.4. The number of benzene rings is 2. The molecule has 1 aliphatic heterocycles. The molecular formula is C24H24N6O. The van der Waals surface area contributed by atoms with Crippen molar-refractivity contribution in [3.05, 3.63) is 66.9 Å². The summed E-state index contributed by atoms with van der Waals surface area (Å²) in [6.07, 6.45) is 1.76.